The van der Waals surface area contributed by atoms with Gasteiger partial charge in [-0.25, -0.2) is 0 Å². The molecule has 150 valence electrons. The first kappa shape index (κ1) is 20.6. The minimum atomic E-state index is -0.961. The molecule has 1 fully saturated rings. The molecular formula is C21H20N2O5S. The van der Waals surface area contributed by atoms with Crippen LogP contribution in [0.15, 0.2) is 59.5 Å². The summed E-state index contributed by atoms with van der Waals surface area (Å²) in [5.74, 6) is -0.899. The molecule has 2 N–H and O–H groups in total. The van der Waals surface area contributed by atoms with Crippen LogP contribution in [0.2, 0.25) is 0 Å². The van der Waals surface area contributed by atoms with Crippen molar-refractivity contribution in [1.82, 2.24) is 9.80 Å². The Kier molecular flexibility index (Phi) is 6.36. The van der Waals surface area contributed by atoms with Gasteiger partial charge in [-0.15, -0.1) is 0 Å². The lowest BCUT2D eigenvalue weighted by Crippen LogP contribution is -2.41. The maximum absolute atomic E-state index is 12.5. The van der Waals surface area contributed by atoms with Crippen LogP contribution in [0.1, 0.15) is 17.2 Å². The van der Waals surface area contributed by atoms with Crippen LogP contribution in [-0.4, -0.2) is 57.2 Å². The van der Waals surface area contributed by atoms with Gasteiger partial charge in [0.1, 0.15) is 12.3 Å². The lowest BCUT2D eigenvalue weighted by atomic mass is 10.1. The second-order valence-electron chi connectivity index (χ2n) is 6.56. The largest absolute Gasteiger partial charge is 0.508 e. The zero-order chi connectivity index (χ0) is 21.0. The monoisotopic (exact) mass is 412 g/mol. The minimum Gasteiger partial charge on any atom is -0.508 e. The Morgan fingerprint density at radius 1 is 1.14 bits per heavy atom. The van der Waals surface area contributed by atoms with Crippen molar-refractivity contribution in [3.63, 3.8) is 0 Å². The predicted molar refractivity (Wildman–Crippen MR) is 110 cm³/mol. The fraction of sp³-hybridized carbons (Fsp3) is 0.190. The van der Waals surface area contributed by atoms with Crippen molar-refractivity contribution in [2.75, 3.05) is 20.1 Å². The van der Waals surface area contributed by atoms with Crippen molar-refractivity contribution in [1.29, 1.82) is 0 Å². The molecule has 0 aromatic heterocycles. The van der Waals surface area contributed by atoms with E-state index in [1.165, 1.54) is 24.1 Å². The third-order valence-corrected chi connectivity index (χ3v) is 5.32. The Morgan fingerprint density at radius 2 is 1.79 bits per heavy atom. The van der Waals surface area contributed by atoms with Gasteiger partial charge in [-0.05, 0) is 41.1 Å². The van der Waals surface area contributed by atoms with E-state index >= 15 is 0 Å². The number of phenols is 1. The van der Waals surface area contributed by atoms with Crippen LogP contribution in [0.25, 0.3) is 6.08 Å². The van der Waals surface area contributed by atoms with E-state index < -0.39 is 29.7 Å². The number of imide groups is 1. The Labute approximate surface area is 172 Å². The standard InChI is InChI=1S/C21H20N2O5S/c1-22(12-17(25)15-7-9-16(24)10-8-15)19(26)13-23-20(27)18(29-21(23)28)11-14-5-3-2-4-6-14/h2-11,17,24-25H,12-13H2,1H3/b18-11+. The highest BCUT2D eigenvalue weighted by molar-refractivity contribution is 8.18. The molecular weight excluding hydrogens is 392 g/mol. The Morgan fingerprint density at radius 3 is 2.45 bits per heavy atom. The lowest BCUT2D eigenvalue weighted by Gasteiger charge is -2.23. The Balaban J connectivity index is 1.62. The average molecular weight is 412 g/mol. The summed E-state index contributed by atoms with van der Waals surface area (Å²) in [5, 5.41) is 19.1. The first-order chi connectivity index (χ1) is 13.8. The molecule has 1 aliphatic heterocycles. The van der Waals surface area contributed by atoms with E-state index in [2.05, 4.69) is 0 Å². The molecule has 0 spiro atoms. The van der Waals surface area contributed by atoms with Crippen molar-refractivity contribution in [3.8, 4) is 5.75 Å². The molecule has 8 heteroatoms. The summed E-state index contributed by atoms with van der Waals surface area (Å²) < 4.78 is 0. The van der Waals surface area contributed by atoms with Crippen LogP contribution in [0.5, 0.6) is 5.75 Å². The van der Waals surface area contributed by atoms with Crippen molar-refractivity contribution < 1.29 is 24.6 Å². The highest BCUT2D eigenvalue weighted by atomic mass is 32.2. The highest BCUT2D eigenvalue weighted by Gasteiger charge is 2.36. The minimum absolute atomic E-state index is 0.0142. The summed E-state index contributed by atoms with van der Waals surface area (Å²) in [6, 6.07) is 15.1. The predicted octanol–water partition coefficient (Wildman–Crippen LogP) is 2.62. The van der Waals surface area contributed by atoms with E-state index in [9.17, 15) is 24.6 Å². The number of aliphatic hydroxyl groups excluding tert-OH is 1. The number of aliphatic hydroxyl groups is 1. The van der Waals surface area contributed by atoms with Crippen molar-refractivity contribution in [3.05, 3.63) is 70.6 Å². The molecule has 0 bridgehead atoms. The van der Waals surface area contributed by atoms with Gasteiger partial charge in [0.25, 0.3) is 11.1 Å². The average Bonchev–Trinajstić information content (AvgIpc) is 2.96. The molecule has 3 rings (SSSR count). The molecule has 0 radical (unpaired) electrons. The molecule has 2 aromatic rings. The SMILES string of the molecule is CN(CC(O)c1ccc(O)cc1)C(=O)CN1C(=O)S/C(=C/c2ccccc2)C1=O. The van der Waals surface area contributed by atoms with Crippen LogP contribution in [-0.2, 0) is 9.59 Å². The number of thioether (sulfide) groups is 1. The molecule has 3 amide bonds. The number of benzene rings is 2. The van der Waals surface area contributed by atoms with Gasteiger partial charge in [0.15, 0.2) is 0 Å². The summed E-state index contributed by atoms with van der Waals surface area (Å²) in [5.41, 5.74) is 1.33. The number of amides is 3. The second-order valence-corrected chi connectivity index (χ2v) is 7.55. The lowest BCUT2D eigenvalue weighted by molar-refractivity contribution is -0.135. The summed E-state index contributed by atoms with van der Waals surface area (Å²) in [6.07, 6.45) is 0.658. The van der Waals surface area contributed by atoms with Crippen molar-refractivity contribution in [2.45, 2.75) is 6.10 Å². The Bertz CT molecular complexity index is 943. The number of rotatable bonds is 6. The molecule has 2 aromatic carbocycles. The van der Waals surface area contributed by atoms with Crippen LogP contribution < -0.4 is 0 Å². The maximum Gasteiger partial charge on any atom is 0.294 e. The molecule has 1 aliphatic rings. The van der Waals surface area contributed by atoms with Gasteiger partial charge in [-0.3, -0.25) is 19.3 Å². The van der Waals surface area contributed by atoms with Crippen molar-refractivity contribution in [2.24, 2.45) is 0 Å². The molecule has 1 heterocycles. The van der Waals surface area contributed by atoms with Gasteiger partial charge >= 0.3 is 0 Å². The third-order valence-electron chi connectivity index (χ3n) is 4.41. The van der Waals surface area contributed by atoms with E-state index in [1.54, 1.807) is 18.2 Å². The molecule has 1 saturated heterocycles. The number of phenolic OH excluding ortho intramolecular Hbond substituents is 1. The van der Waals surface area contributed by atoms with Gasteiger partial charge in [0.05, 0.1) is 17.6 Å². The van der Waals surface area contributed by atoms with E-state index in [1.807, 2.05) is 30.3 Å². The van der Waals surface area contributed by atoms with E-state index in [4.69, 9.17) is 0 Å². The molecule has 1 atom stereocenters. The molecule has 29 heavy (non-hydrogen) atoms. The summed E-state index contributed by atoms with van der Waals surface area (Å²) in [7, 11) is 1.49. The number of likely N-dealkylation sites (N-methyl/N-ethyl adjacent to an activating group) is 1. The summed E-state index contributed by atoms with van der Waals surface area (Å²) in [4.78, 5) is 39.6. The normalized spacial score (nSPS) is 16.3. The molecule has 7 nitrogen and oxygen atoms in total. The number of hydrogen-bond acceptors (Lipinski definition) is 6. The summed E-state index contributed by atoms with van der Waals surface area (Å²) >= 11 is 0.797. The van der Waals surface area contributed by atoms with Crippen LogP contribution >= 0.6 is 11.8 Å². The first-order valence-electron chi connectivity index (χ1n) is 8.86. The highest BCUT2D eigenvalue weighted by Crippen LogP contribution is 2.32. The van der Waals surface area contributed by atoms with Crippen molar-refractivity contribution >= 4 is 34.9 Å². The van der Waals surface area contributed by atoms with E-state index in [-0.39, 0.29) is 17.2 Å². The van der Waals surface area contributed by atoms with Gasteiger partial charge in [-0.1, -0.05) is 42.5 Å². The van der Waals surface area contributed by atoms with Crippen LogP contribution in [0, 0.1) is 0 Å². The zero-order valence-electron chi connectivity index (χ0n) is 15.7. The smallest absolute Gasteiger partial charge is 0.294 e. The second kappa shape index (κ2) is 8.93. The molecule has 0 saturated carbocycles. The number of carbonyl (C=O) groups excluding carboxylic acids is 3. The number of carbonyl (C=O) groups is 3. The van der Waals surface area contributed by atoms with E-state index in [0.717, 1.165) is 22.2 Å². The van der Waals surface area contributed by atoms with Gasteiger partial charge in [0.2, 0.25) is 5.91 Å². The molecule has 0 aliphatic carbocycles. The quantitative estimate of drug-likeness (QED) is 0.708. The topological polar surface area (TPSA) is 98.2 Å². The fourth-order valence-electron chi connectivity index (χ4n) is 2.76. The van der Waals surface area contributed by atoms with Gasteiger partial charge in [-0.2, -0.15) is 0 Å². The first-order valence-corrected chi connectivity index (χ1v) is 9.68. The maximum atomic E-state index is 12.5. The number of hydrogen-bond donors (Lipinski definition) is 2. The number of aromatic hydroxyl groups is 1. The zero-order valence-corrected chi connectivity index (χ0v) is 16.5. The van der Waals surface area contributed by atoms with Crippen LogP contribution in [0.3, 0.4) is 0 Å². The van der Waals surface area contributed by atoms with E-state index in [0.29, 0.717) is 5.56 Å². The third kappa shape index (κ3) is 5.04. The Hall–Kier alpha value is -3.10. The number of nitrogens with zero attached hydrogens (tertiary/aromatic N) is 2. The van der Waals surface area contributed by atoms with Crippen LogP contribution in [0.4, 0.5) is 4.79 Å². The van der Waals surface area contributed by atoms with Gasteiger partial charge in [0, 0.05) is 7.05 Å². The van der Waals surface area contributed by atoms with Gasteiger partial charge < -0.3 is 15.1 Å². The fourth-order valence-corrected chi connectivity index (χ4v) is 3.59. The summed E-state index contributed by atoms with van der Waals surface area (Å²) in [6.45, 7) is -0.407. The molecule has 1 unspecified atom stereocenters.